The Kier molecular flexibility index (Phi) is 5.59. The Bertz CT molecular complexity index is 601. The van der Waals surface area contributed by atoms with Crippen LogP contribution in [0.4, 0.5) is 0 Å². The normalized spacial score (nSPS) is 12.2. The SMILES string of the molecule is CCC(N)Cc1ccc(OCc2cccc(C)n2)c(Cl)c1. The summed E-state index contributed by atoms with van der Waals surface area (Å²) in [6.07, 6.45) is 1.78. The molecular weight excluding hydrogens is 284 g/mol. The van der Waals surface area contributed by atoms with E-state index in [1.807, 2.05) is 43.3 Å². The van der Waals surface area contributed by atoms with E-state index in [0.717, 1.165) is 29.8 Å². The quantitative estimate of drug-likeness (QED) is 0.880. The van der Waals surface area contributed by atoms with Gasteiger partial charge < -0.3 is 10.5 Å². The molecule has 3 nitrogen and oxygen atoms in total. The minimum absolute atomic E-state index is 0.171. The molecular formula is C17H21ClN2O. The van der Waals surface area contributed by atoms with Crippen LogP contribution < -0.4 is 10.5 Å². The summed E-state index contributed by atoms with van der Waals surface area (Å²) in [5, 5.41) is 0.614. The van der Waals surface area contributed by atoms with E-state index in [1.165, 1.54) is 0 Å². The zero-order valence-electron chi connectivity index (χ0n) is 12.5. The van der Waals surface area contributed by atoms with Crippen molar-refractivity contribution in [1.29, 1.82) is 0 Å². The molecule has 0 radical (unpaired) electrons. The van der Waals surface area contributed by atoms with Crippen molar-refractivity contribution in [3.63, 3.8) is 0 Å². The number of halogens is 1. The summed E-state index contributed by atoms with van der Waals surface area (Å²) >= 11 is 6.27. The number of aryl methyl sites for hydroxylation is 1. The van der Waals surface area contributed by atoms with Gasteiger partial charge in [-0.1, -0.05) is 30.7 Å². The third-order valence-corrected chi connectivity index (χ3v) is 3.64. The second kappa shape index (κ2) is 7.43. The maximum absolute atomic E-state index is 6.27. The Hall–Kier alpha value is -1.58. The van der Waals surface area contributed by atoms with E-state index in [-0.39, 0.29) is 6.04 Å². The summed E-state index contributed by atoms with van der Waals surface area (Å²) in [6.45, 7) is 4.45. The first-order valence-electron chi connectivity index (χ1n) is 7.18. The first-order chi connectivity index (χ1) is 10.1. The summed E-state index contributed by atoms with van der Waals surface area (Å²) in [5.41, 5.74) is 8.96. The largest absolute Gasteiger partial charge is 0.486 e. The third kappa shape index (κ3) is 4.73. The van der Waals surface area contributed by atoms with Gasteiger partial charge in [0.2, 0.25) is 0 Å². The van der Waals surface area contributed by atoms with Gasteiger partial charge in [-0.2, -0.15) is 0 Å². The topological polar surface area (TPSA) is 48.1 Å². The Morgan fingerprint density at radius 1 is 1.29 bits per heavy atom. The van der Waals surface area contributed by atoms with E-state index in [4.69, 9.17) is 22.1 Å². The molecule has 2 rings (SSSR count). The second-order valence-electron chi connectivity index (χ2n) is 5.20. The molecule has 1 aromatic carbocycles. The first kappa shape index (κ1) is 15.8. The molecule has 0 saturated carbocycles. The van der Waals surface area contributed by atoms with Crippen molar-refractivity contribution >= 4 is 11.6 Å². The lowest BCUT2D eigenvalue weighted by Gasteiger charge is -2.12. The number of aromatic nitrogens is 1. The van der Waals surface area contributed by atoms with Crippen molar-refractivity contribution < 1.29 is 4.74 Å². The van der Waals surface area contributed by atoms with Crippen LogP contribution in [0.1, 0.15) is 30.3 Å². The van der Waals surface area contributed by atoms with Crippen LogP contribution in [0.25, 0.3) is 0 Å². The highest BCUT2D eigenvalue weighted by Crippen LogP contribution is 2.26. The highest BCUT2D eigenvalue weighted by Gasteiger charge is 2.07. The van der Waals surface area contributed by atoms with E-state index in [1.54, 1.807) is 0 Å². The van der Waals surface area contributed by atoms with Crippen LogP contribution in [-0.4, -0.2) is 11.0 Å². The van der Waals surface area contributed by atoms with Gasteiger partial charge in [-0.3, -0.25) is 4.98 Å². The lowest BCUT2D eigenvalue weighted by Crippen LogP contribution is -2.21. The summed E-state index contributed by atoms with van der Waals surface area (Å²) in [6, 6.07) is 11.9. The van der Waals surface area contributed by atoms with Gasteiger partial charge >= 0.3 is 0 Å². The van der Waals surface area contributed by atoms with Crippen LogP contribution in [0.5, 0.6) is 5.75 Å². The number of rotatable bonds is 6. The van der Waals surface area contributed by atoms with Crippen LogP contribution in [-0.2, 0) is 13.0 Å². The van der Waals surface area contributed by atoms with Gasteiger partial charge in [-0.25, -0.2) is 0 Å². The third-order valence-electron chi connectivity index (χ3n) is 3.34. The molecule has 0 spiro atoms. The highest BCUT2D eigenvalue weighted by molar-refractivity contribution is 6.32. The van der Waals surface area contributed by atoms with Gasteiger partial charge in [0, 0.05) is 11.7 Å². The van der Waals surface area contributed by atoms with Gasteiger partial charge in [0.15, 0.2) is 0 Å². The lowest BCUT2D eigenvalue weighted by atomic mass is 10.0. The molecule has 1 aromatic heterocycles. The van der Waals surface area contributed by atoms with Crippen molar-refractivity contribution in [1.82, 2.24) is 4.98 Å². The number of benzene rings is 1. The Labute approximate surface area is 131 Å². The predicted molar refractivity (Wildman–Crippen MR) is 86.7 cm³/mol. The zero-order valence-corrected chi connectivity index (χ0v) is 13.2. The van der Waals surface area contributed by atoms with Crippen LogP contribution >= 0.6 is 11.6 Å². The Morgan fingerprint density at radius 3 is 2.76 bits per heavy atom. The fraction of sp³-hybridized carbons (Fsp3) is 0.353. The van der Waals surface area contributed by atoms with Crippen LogP contribution in [0.15, 0.2) is 36.4 Å². The molecule has 0 aliphatic carbocycles. The minimum Gasteiger partial charge on any atom is -0.486 e. The number of nitrogens with zero attached hydrogens (tertiary/aromatic N) is 1. The van der Waals surface area contributed by atoms with Crippen molar-refractivity contribution in [2.45, 2.75) is 39.3 Å². The van der Waals surface area contributed by atoms with Crippen molar-refractivity contribution in [3.8, 4) is 5.75 Å². The lowest BCUT2D eigenvalue weighted by molar-refractivity contribution is 0.301. The molecule has 2 aromatic rings. The molecule has 1 heterocycles. The molecule has 2 N–H and O–H groups in total. The minimum atomic E-state index is 0.171. The van der Waals surface area contributed by atoms with E-state index in [9.17, 15) is 0 Å². The molecule has 4 heteroatoms. The molecule has 0 fully saturated rings. The average Bonchev–Trinajstić information content (AvgIpc) is 2.46. The molecule has 0 bridgehead atoms. The van der Waals surface area contributed by atoms with Crippen molar-refractivity contribution in [3.05, 3.63) is 58.4 Å². The van der Waals surface area contributed by atoms with Gasteiger partial charge in [0.05, 0.1) is 10.7 Å². The first-order valence-corrected chi connectivity index (χ1v) is 7.55. The maximum atomic E-state index is 6.27. The van der Waals surface area contributed by atoms with E-state index in [0.29, 0.717) is 17.4 Å². The summed E-state index contributed by atoms with van der Waals surface area (Å²) in [4.78, 5) is 4.40. The number of hydrogen-bond donors (Lipinski definition) is 1. The van der Waals surface area contributed by atoms with Crippen molar-refractivity contribution in [2.24, 2.45) is 5.73 Å². The van der Waals surface area contributed by atoms with Crippen LogP contribution in [0, 0.1) is 6.92 Å². The second-order valence-corrected chi connectivity index (χ2v) is 5.60. The highest BCUT2D eigenvalue weighted by atomic mass is 35.5. The van der Waals surface area contributed by atoms with E-state index < -0.39 is 0 Å². The molecule has 1 atom stereocenters. The number of hydrogen-bond acceptors (Lipinski definition) is 3. The van der Waals surface area contributed by atoms with E-state index >= 15 is 0 Å². The standard InChI is InChI=1S/C17H21ClN2O/c1-3-14(19)9-13-7-8-17(16(18)10-13)21-11-15-6-4-5-12(2)20-15/h4-8,10,14H,3,9,11,19H2,1-2H3. The predicted octanol–water partition coefficient (Wildman–Crippen LogP) is 3.90. The molecule has 0 amide bonds. The van der Waals surface area contributed by atoms with Crippen LogP contribution in [0.2, 0.25) is 5.02 Å². The molecule has 0 saturated heterocycles. The van der Waals surface area contributed by atoms with Gasteiger partial charge in [0.25, 0.3) is 0 Å². The van der Waals surface area contributed by atoms with Gasteiger partial charge in [-0.05, 0) is 49.6 Å². The maximum Gasteiger partial charge on any atom is 0.138 e. The fourth-order valence-corrected chi connectivity index (χ4v) is 2.32. The summed E-state index contributed by atoms with van der Waals surface area (Å²) in [7, 11) is 0. The van der Waals surface area contributed by atoms with Crippen molar-refractivity contribution in [2.75, 3.05) is 0 Å². The Balaban J connectivity index is 2.01. The summed E-state index contributed by atoms with van der Waals surface area (Å²) < 4.78 is 5.74. The Morgan fingerprint density at radius 2 is 2.10 bits per heavy atom. The van der Waals surface area contributed by atoms with Gasteiger partial charge in [-0.15, -0.1) is 0 Å². The molecule has 0 aliphatic heterocycles. The molecule has 112 valence electrons. The number of nitrogens with two attached hydrogens (primary N) is 1. The average molecular weight is 305 g/mol. The van der Waals surface area contributed by atoms with E-state index in [2.05, 4.69) is 11.9 Å². The molecule has 21 heavy (non-hydrogen) atoms. The van der Waals surface area contributed by atoms with Crippen LogP contribution in [0.3, 0.4) is 0 Å². The van der Waals surface area contributed by atoms with Gasteiger partial charge in [0.1, 0.15) is 12.4 Å². The number of pyridine rings is 1. The zero-order chi connectivity index (χ0) is 15.2. The summed E-state index contributed by atoms with van der Waals surface area (Å²) in [5.74, 6) is 0.675. The monoisotopic (exact) mass is 304 g/mol. The number of ether oxygens (including phenoxy) is 1. The molecule has 1 unspecified atom stereocenters. The fourth-order valence-electron chi connectivity index (χ4n) is 2.07. The smallest absolute Gasteiger partial charge is 0.138 e. The molecule has 0 aliphatic rings.